The average Bonchev–Trinajstić information content (AvgIpc) is 2.47. The van der Waals surface area contributed by atoms with Crippen LogP contribution in [0.25, 0.3) is 0 Å². The number of carbonyl (C=O) groups excluding carboxylic acids is 2. The van der Waals surface area contributed by atoms with E-state index in [9.17, 15) is 14.0 Å². The molecule has 20 heavy (non-hydrogen) atoms. The van der Waals surface area contributed by atoms with Gasteiger partial charge in [-0.15, -0.1) is 0 Å². The normalized spacial score (nSPS) is 15.8. The molecule has 1 fully saturated rings. The Bertz CT molecular complexity index is 499. The van der Waals surface area contributed by atoms with Crippen molar-refractivity contribution in [2.45, 2.75) is 18.9 Å². The molecule has 1 N–H and O–H groups in total. The number of nitrogens with one attached hydrogen (secondary N) is 1. The number of hydrogen-bond acceptors (Lipinski definition) is 3. The van der Waals surface area contributed by atoms with Gasteiger partial charge >= 0.3 is 6.09 Å². The van der Waals surface area contributed by atoms with Crippen LogP contribution < -0.4 is 5.32 Å². The molecule has 1 aliphatic rings. The summed E-state index contributed by atoms with van der Waals surface area (Å²) < 4.78 is 17.7. The topological polar surface area (TPSA) is 58.6 Å². The number of likely N-dealkylation sites (tertiary alicyclic amines) is 1. The third-order valence-corrected chi connectivity index (χ3v) is 3.35. The Hall–Kier alpha value is -2.11. The Morgan fingerprint density at radius 3 is 2.65 bits per heavy atom. The van der Waals surface area contributed by atoms with Gasteiger partial charge in [-0.1, -0.05) is 6.07 Å². The molecule has 2 amide bonds. The van der Waals surface area contributed by atoms with Gasteiger partial charge in [-0.2, -0.15) is 0 Å². The standard InChI is InChI=1S/C14H17FN2O3/c1-20-14(19)17-7-5-12(6-8-17)16-13(18)10-3-2-4-11(15)9-10/h2-4,9,12H,5-8H2,1H3,(H,16,18). The third kappa shape index (κ3) is 3.46. The van der Waals surface area contributed by atoms with Crippen molar-refractivity contribution in [1.82, 2.24) is 10.2 Å². The number of methoxy groups -OCH3 is 1. The van der Waals surface area contributed by atoms with Gasteiger partial charge in [-0.05, 0) is 31.0 Å². The summed E-state index contributed by atoms with van der Waals surface area (Å²) in [6.07, 6.45) is 0.978. The maximum Gasteiger partial charge on any atom is 0.409 e. The largest absolute Gasteiger partial charge is 0.453 e. The lowest BCUT2D eigenvalue weighted by molar-refractivity contribution is 0.0892. The first kappa shape index (κ1) is 14.3. The van der Waals surface area contributed by atoms with E-state index in [2.05, 4.69) is 10.1 Å². The first-order valence-corrected chi connectivity index (χ1v) is 6.49. The monoisotopic (exact) mass is 280 g/mol. The van der Waals surface area contributed by atoms with Gasteiger partial charge in [0.25, 0.3) is 5.91 Å². The number of piperidine rings is 1. The van der Waals surface area contributed by atoms with Gasteiger partial charge in [0.1, 0.15) is 5.82 Å². The molecular weight excluding hydrogens is 263 g/mol. The molecule has 0 unspecified atom stereocenters. The molecule has 1 aromatic carbocycles. The molecule has 0 saturated carbocycles. The van der Waals surface area contributed by atoms with Gasteiger partial charge in [0.15, 0.2) is 0 Å². The van der Waals surface area contributed by atoms with Crippen LogP contribution in [0.1, 0.15) is 23.2 Å². The molecule has 1 aliphatic heterocycles. The van der Waals surface area contributed by atoms with E-state index in [1.54, 1.807) is 11.0 Å². The number of rotatable bonds is 2. The maximum absolute atomic E-state index is 13.0. The van der Waals surface area contributed by atoms with Crippen LogP contribution in [0.5, 0.6) is 0 Å². The van der Waals surface area contributed by atoms with Crippen LogP contribution in [0.2, 0.25) is 0 Å². The van der Waals surface area contributed by atoms with E-state index in [0.29, 0.717) is 31.5 Å². The van der Waals surface area contributed by atoms with Crippen LogP contribution in [0, 0.1) is 5.82 Å². The van der Waals surface area contributed by atoms with Crippen molar-refractivity contribution < 1.29 is 18.7 Å². The minimum absolute atomic E-state index is 0.00771. The zero-order valence-corrected chi connectivity index (χ0v) is 11.3. The Morgan fingerprint density at radius 1 is 1.35 bits per heavy atom. The second-order valence-corrected chi connectivity index (χ2v) is 4.72. The summed E-state index contributed by atoms with van der Waals surface area (Å²) in [5.41, 5.74) is 0.306. The Morgan fingerprint density at radius 2 is 2.05 bits per heavy atom. The van der Waals surface area contributed by atoms with E-state index in [0.717, 1.165) is 0 Å². The Balaban J connectivity index is 1.86. The summed E-state index contributed by atoms with van der Waals surface area (Å²) in [6.45, 7) is 1.08. The number of benzene rings is 1. The van der Waals surface area contributed by atoms with Crippen LogP contribution in [0.3, 0.4) is 0 Å². The Kier molecular flexibility index (Phi) is 4.55. The van der Waals surface area contributed by atoms with Crippen molar-refractivity contribution in [3.05, 3.63) is 35.6 Å². The van der Waals surface area contributed by atoms with Gasteiger partial charge in [-0.25, -0.2) is 9.18 Å². The third-order valence-electron chi connectivity index (χ3n) is 3.35. The fraction of sp³-hybridized carbons (Fsp3) is 0.429. The van der Waals surface area contributed by atoms with Crippen LogP contribution in [0.4, 0.5) is 9.18 Å². The molecule has 0 aliphatic carbocycles. The number of amides is 2. The van der Waals surface area contributed by atoms with Crippen molar-refractivity contribution in [3.63, 3.8) is 0 Å². The molecule has 6 heteroatoms. The number of halogens is 1. The highest BCUT2D eigenvalue weighted by molar-refractivity contribution is 5.94. The van der Waals surface area contributed by atoms with Crippen molar-refractivity contribution >= 4 is 12.0 Å². The zero-order chi connectivity index (χ0) is 14.5. The van der Waals surface area contributed by atoms with Crippen molar-refractivity contribution in [3.8, 4) is 0 Å². The highest BCUT2D eigenvalue weighted by Crippen LogP contribution is 2.12. The minimum atomic E-state index is -0.432. The van der Waals surface area contributed by atoms with Crippen molar-refractivity contribution in [2.75, 3.05) is 20.2 Å². The molecule has 0 spiro atoms. The summed E-state index contributed by atoms with van der Waals surface area (Å²) in [5, 5.41) is 2.86. The molecule has 5 nitrogen and oxygen atoms in total. The van der Waals surface area contributed by atoms with E-state index in [1.807, 2.05) is 0 Å². The first-order valence-electron chi connectivity index (χ1n) is 6.49. The summed E-state index contributed by atoms with van der Waals surface area (Å²) >= 11 is 0. The first-order chi connectivity index (χ1) is 9.60. The number of nitrogens with zero attached hydrogens (tertiary/aromatic N) is 1. The number of ether oxygens (including phenoxy) is 1. The second kappa shape index (κ2) is 6.36. The molecule has 1 saturated heterocycles. The van der Waals surface area contributed by atoms with E-state index < -0.39 is 5.82 Å². The van der Waals surface area contributed by atoms with Gasteiger partial charge in [-0.3, -0.25) is 4.79 Å². The van der Waals surface area contributed by atoms with E-state index in [-0.39, 0.29) is 18.0 Å². The lowest BCUT2D eigenvalue weighted by Crippen LogP contribution is -2.46. The molecule has 1 heterocycles. The second-order valence-electron chi connectivity index (χ2n) is 4.72. The van der Waals surface area contributed by atoms with Gasteiger partial charge in [0.2, 0.25) is 0 Å². The van der Waals surface area contributed by atoms with E-state index in [4.69, 9.17) is 0 Å². The summed E-state index contributed by atoms with van der Waals surface area (Å²) in [5.74, 6) is -0.723. The average molecular weight is 280 g/mol. The maximum atomic E-state index is 13.0. The zero-order valence-electron chi connectivity index (χ0n) is 11.3. The molecule has 1 aromatic rings. The van der Waals surface area contributed by atoms with Gasteiger partial charge < -0.3 is 15.0 Å². The SMILES string of the molecule is COC(=O)N1CCC(NC(=O)c2cccc(F)c2)CC1. The van der Waals surface area contributed by atoms with Crippen LogP contribution in [-0.4, -0.2) is 43.1 Å². The molecular formula is C14H17FN2O3. The molecule has 0 atom stereocenters. The van der Waals surface area contributed by atoms with Crippen molar-refractivity contribution in [2.24, 2.45) is 0 Å². The molecule has 0 bridgehead atoms. The smallest absolute Gasteiger partial charge is 0.409 e. The van der Waals surface area contributed by atoms with Gasteiger partial charge in [0, 0.05) is 24.7 Å². The van der Waals surface area contributed by atoms with Gasteiger partial charge in [0.05, 0.1) is 7.11 Å². The Labute approximate surface area is 116 Å². The lowest BCUT2D eigenvalue weighted by atomic mass is 10.0. The molecule has 0 radical (unpaired) electrons. The fourth-order valence-corrected chi connectivity index (χ4v) is 2.23. The van der Waals surface area contributed by atoms with E-state index >= 15 is 0 Å². The highest BCUT2D eigenvalue weighted by Gasteiger charge is 2.24. The van der Waals surface area contributed by atoms with Crippen LogP contribution in [-0.2, 0) is 4.74 Å². The minimum Gasteiger partial charge on any atom is -0.453 e. The fourth-order valence-electron chi connectivity index (χ4n) is 2.23. The summed E-state index contributed by atoms with van der Waals surface area (Å²) in [7, 11) is 1.35. The predicted molar refractivity (Wildman–Crippen MR) is 70.9 cm³/mol. The lowest BCUT2D eigenvalue weighted by Gasteiger charge is -2.31. The predicted octanol–water partition coefficient (Wildman–Crippen LogP) is 1.79. The number of hydrogen-bond donors (Lipinski definition) is 1. The quantitative estimate of drug-likeness (QED) is 0.898. The van der Waals surface area contributed by atoms with Crippen molar-refractivity contribution in [1.29, 1.82) is 0 Å². The highest BCUT2D eigenvalue weighted by atomic mass is 19.1. The molecule has 2 rings (SSSR count). The molecule has 108 valence electrons. The van der Waals surface area contributed by atoms with Crippen LogP contribution in [0.15, 0.2) is 24.3 Å². The number of carbonyl (C=O) groups is 2. The summed E-state index contributed by atoms with van der Waals surface area (Å²) in [4.78, 5) is 24.9. The summed E-state index contributed by atoms with van der Waals surface area (Å²) in [6, 6.07) is 5.57. The van der Waals surface area contributed by atoms with Crippen LogP contribution >= 0.6 is 0 Å². The van der Waals surface area contributed by atoms with E-state index in [1.165, 1.54) is 25.3 Å². The molecule has 0 aromatic heterocycles.